The van der Waals surface area contributed by atoms with E-state index in [1.165, 1.54) is 6.33 Å². The number of aromatic nitrogens is 3. The second-order valence-corrected chi connectivity index (χ2v) is 5.93. The minimum absolute atomic E-state index is 0.0429. The van der Waals surface area contributed by atoms with E-state index >= 15 is 0 Å². The molecule has 3 rings (SSSR count). The van der Waals surface area contributed by atoms with Crippen LogP contribution in [-0.2, 0) is 9.59 Å². The largest absolute Gasteiger partial charge is 0.481 e. The van der Waals surface area contributed by atoms with Crippen LogP contribution in [0, 0.1) is 0 Å². The fourth-order valence-corrected chi connectivity index (χ4v) is 2.79. The number of piperazine rings is 1. The van der Waals surface area contributed by atoms with Gasteiger partial charge in [-0.05, 0) is 19.1 Å². The monoisotopic (exact) mass is 343 g/mol. The Morgan fingerprint density at radius 1 is 1.16 bits per heavy atom. The first kappa shape index (κ1) is 16.9. The van der Waals surface area contributed by atoms with Gasteiger partial charge in [-0.3, -0.25) is 9.59 Å². The van der Waals surface area contributed by atoms with Crippen molar-refractivity contribution in [2.24, 2.45) is 0 Å². The highest BCUT2D eigenvalue weighted by Gasteiger charge is 2.26. The molecule has 0 aliphatic carbocycles. The van der Waals surface area contributed by atoms with Crippen molar-refractivity contribution >= 4 is 11.8 Å². The predicted molar refractivity (Wildman–Crippen MR) is 90.3 cm³/mol. The van der Waals surface area contributed by atoms with E-state index < -0.39 is 6.10 Å². The predicted octanol–water partition coefficient (Wildman–Crippen LogP) is 0.725. The third kappa shape index (κ3) is 3.96. The Bertz CT molecular complexity index is 739. The van der Waals surface area contributed by atoms with Crippen LogP contribution in [0.15, 0.2) is 36.9 Å². The van der Waals surface area contributed by atoms with Crippen molar-refractivity contribution in [3.05, 3.63) is 36.9 Å². The normalized spacial score (nSPS) is 15.8. The third-order valence-electron chi connectivity index (χ3n) is 4.20. The average molecular weight is 343 g/mol. The molecule has 1 unspecified atom stereocenters. The number of amides is 2. The molecular weight excluding hydrogens is 322 g/mol. The summed E-state index contributed by atoms with van der Waals surface area (Å²) in [6.07, 6.45) is 2.46. The summed E-state index contributed by atoms with van der Waals surface area (Å²) < 4.78 is 7.43. The maximum atomic E-state index is 12.6. The molecule has 132 valence electrons. The van der Waals surface area contributed by atoms with Crippen molar-refractivity contribution in [2.75, 3.05) is 26.2 Å². The van der Waals surface area contributed by atoms with Gasteiger partial charge in [-0.1, -0.05) is 6.07 Å². The van der Waals surface area contributed by atoms with Gasteiger partial charge in [0.25, 0.3) is 5.91 Å². The van der Waals surface area contributed by atoms with Crippen LogP contribution in [0.1, 0.15) is 13.8 Å². The van der Waals surface area contributed by atoms with Crippen LogP contribution in [-0.4, -0.2) is 68.7 Å². The number of benzene rings is 1. The molecule has 1 aromatic carbocycles. The molecular formula is C17H21N5O3. The number of hydrogen-bond donors (Lipinski definition) is 0. The fraction of sp³-hybridized carbons (Fsp3) is 0.412. The van der Waals surface area contributed by atoms with E-state index in [0.29, 0.717) is 31.9 Å². The first-order valence-electron chi connectivity index (χ1n) is 8.20. The molecule has 1 aromatic heterocycles. The van der Waals surface area contributed by atoms with Gasteiger partial charge in [0, 0.05) is 39.2 Å². The van der Waals surface area contributed by atoms with Crippen LogP contribution in [0.25, 0.3) is 5.69 Å². The van der Waals surface area contributed by atoms with Crippen LogP contribution >= 0.6 is 0 Å². The average Bonchev–Trinajstić information content (AvgIpc) is 3.16. The molecule has 1 aliphatic heterocycles. The SMILES string of the molecule is CC(=O)N1CCN(C(=O)C(C)Oc2cccc(-n3cncn3)c2)CC1. The van der Waals surface area contributed by atoms with E-state index in [1.807, 2.05) is 18.2 Å². The van der Waals surface area contributed by atoms with E-state index in [0.717, 1.165) is 5.69 Å². The lowest BCUT2D eigenvalue weighted by Gasteiger charge is -2.35. The molecule has 2 amide bonds. The van der Waals surface area contributed by atoms with Gasteiger partial charge in [-0.2, -0.15) is 5.10 Å². The second-order valence-electron chi connectivity index (χ2n) is 5.93. The Hall–Kier alpha value is -2.90. The molecule has 1 fully saturated rings. The van der Waals surface area contributed by atoms with Gasteiger partial charge >= 0.3 is 0 Å². The number of nitrogens with zero attached hydrogens (tertiary/aromatic N) is 5. The van der Waals surface area contributed by atoms with Crippen molar-refractivity contribution in [2.45, 2.75) is 20.0 Å². The summed E-state index contributed by atoms with van der Waals surface area (Å²) >= 11 is 0. The molecule has 1 saturated heterocycles. The van der Waals surface area contributed by atoms with Crippen molar-refractivity contribution in [1.29, 1.82) is 0 Å². The van der Waals surface area contributed by atoms with Gasteiger partial charge in [0.2, 0.25) is 5.91 Å². The molecule has 0 N–H and O–H groups in total. The molecule has 0 spiro atoms. The standard InChI is InChI=1S/C17H21N5O3/c1-13(17(24)21-8-6-20(7-9-21)14(2)23)25-16-5-3-4-15(10-16)22-12-18-11-19-22/h3-5,10-13H,6-9H2,1-2H3. The highest BCUT2D eigenvalue weighted by Crippen LogP contribution is 2.18. The lowest BCUT2D eigenvalue weighted by atomic mass is 10.2. The number of hydrogen-bond acceptors (Lipinski definition) is 5. The van der Waals surface area contributed by atoms with Gasteiger partial charge in [0.15, 0.2) is 6.10 Å². The van der Waals surface area contributed by atoms with Crippen LogP contribution in [0.3, 0.4) is 0 Å². The molecule has 25 heavy (non-hydrogen) atoms. The molecule has 0 radical (unpaired) electrons. The van der Waals surface area contributed by atoms with Crippen molar-refractivity contribution in [3.8, 4) is 11.4 Å². The Morgan fingerprint density at radius 3 is 2.52 bits per heavy atom. The van der Waals surface area contributed by atoms with Crippen molar-refractivity contribution in [1.82, 2.24) is 24.6 Å². The number of ether oxygens (including phenoxy) is 1. The zero-order chi connectivity index (χ0) is 17.8. The van der Waals surface area contributed by atoms with Crippen LogP contribution in [0.4, 0.5) is 0 Å². The maximum absolute atomic E-state index is 12.6. The molecule has 0 bridgehead atoms. The molecule has 1 aliphatic rings. The molecule has 1 atom stereocenters. The zero-order valence-electron chi connectivity index (χ0n) is 14.3. The summed E-state index contributed by atoms with van der Waals surface area (Å²) in [5, 5.41) is 4.08. The Kier molecular flexibility index (Phi) is 4.97. The quantitative estimate of drug-likeness (QED) is 0.817. The molecule has 0 saturated carbocycles. The maximum Gasteiger partial charge on any atom is 0.263 e. The Labute approximate surface area is 146 Å². The second kappa shape index (κ2) is 7.33. The summed E-state index contributed by atoms with van der Waals surface area (Å²) in [4.78, 5) is 31.3. The van der Waals surface area contributed by atoms with Gasteiger partial charge in [0.1, 0.15) is 18.4 Å². The Morgan fingerprint density at radius 2 is 1.88 bits per heavy atom. The molecule has 8 nitrogen and oxygen atoms in total. The van der Waals surface area contributed by atoms with Crippen LogP contribution in [0.2, 0.25) is 0 Å². The van der Waals surface area contributed by atoms with Crippen LogP contribution in [0.5, 0.6) is 5.75 Å². The summed E-state index contributed by atoms with van der Waals surface area (Å²) in [5.41, 5.74) is 0.810. The molecule has 8 heteroatoms. The minimum Gasteiger partial charge on any atom is -0.481 e. The molecule has 2 heterocycles. The van der Waals surface area contributed by atoms with Gasteiger partial charge in [-0.15, -0.1) is 0 Å². The van der Waals surface area contributed by atoms with Crippen molar-refractivity contribution < 1.29 is 14.3 Å². The fourth-order valence-electron chi connectivity index (χ4n) is 2.79. The number of rotatable bonds is 4. The number of carbonyl (C=O) groups is 2. The van der Waals surface area contributed by atoms with Gasteiger partial charge < -0.3 is 14.5 Å². The number of carbonyl (C=O) groups excluding carboxylic acids is 2. The summed E-state index contributed by atoms with van der Waals surface area (Å²) in [5.74, 6) is 0.562. The van der Waals surface area contributed by atoms with E-state index in [1.54, 1.807) is 40.7 Å². The van der Waals surface area contributed by atoms with E-state index in [4.69, 9.17) is 4.74 Å². The lowest BCUT2D eigenvalue weighted by molar-refractivity contribution is -0.143. The first-order valence-corrected chi connectivity index (χ1v) is 8.20. The van der Waals surface area contributed by atoms with E-state index in [-0.39, 0.29) is 11.8 Å². The minimum atomic E-state index is -0.602. The highest BCUT2D eigenvalue weighted by molar-refractivity contribution is 5.81. The smallest absolute Gasteiger partial charge is 0.263 e. The van der Waals surface area contributed by atoms with Gasteiger partial charge in [0.05, 0.1) is 5.69 Å². The molecule has 2 aromatic rings. The van der Waals surface area contributed by atoms with Crippen LogP contribution < -0.4 is 4.74 Å². The summed E-state index contributed by atoms with van der Waals surface area (Å²) in [6.45, 7) is 5.48. The first-order chi connectivity index (χ1) is 12.0. The summed E-state index contributed by atoms with van der Waals surface area (Å²) in [7, 11) is 0. The Balaban J connectivity index is 1.60. The van der Waals surface area contributed by atoms with E-state index in [9.17, 15) is 9.59 Å². The van der Waals surface area contributed by atoms with E-state index in [2.05, 4.69) is 10.1 Å². The van der Waals surface area contributed by atoms with Gasteiger partial charge in [-0.25, -0.2) is 9.67 Å². The lowest BCUT2D eigenvalue weighted by Crippen LogP contribution is -2.52. The topological polar surface area (TPSA) is 80.6 Å². The van der Waals surface area contributed by atoms with Crippen molar-refractivity contribution in [3.63, 3.8) is 0 Å². The highest BCUT2D eigenvalue weighted by atomic mass is 16.5. The summed E-state index contributed by atoms with van der Waals surface area (Å²) in [6, 6.07) is 7.34. The third-order valence-corrected chi connectivity index (χ3v) is 4.20. The zero-order valence-corrected chi connectivity index (χ0v) is 14.3.